The van der Waals surface area contributed by atoms with Crippen molar-refractivity contribution in [1.82, 2.24) is 5.43 Å². The van der Waals surface area contributed by atoms with Gasteiger partial charge in [-0.3, -0.25) is 4.79 Å². The molecule has 0 atom stereocenters. The molecular formula is C22H19BrN2O2. The van der Waals surface area contributed by atoms with Gasteiger partial charge in [-0.05, 0) is 41.8 Å². The van der Waals surface area contributed by atoms with Crippen LogP contribution in [-0.2, 0) is 4.79 Å². The van der Waals surface area contributed by atoms with E-state index in [1.165, 1.54) is 0 Å². The lowest BCUT2D eigenvalue weighted by Crippen LogP contribution is -2.25. The minimum atomic E-state index is -0.310. The molecule has 0 radical (unpaired) electrons. The Labute approximate surface area is 167 Å². The standard InChI is InChI=1S/C22H19BrN2O2/c1-16(17-10-12-19(13-11-17)18-6-3-2-4-7-18)24-25-22(26)15-27-21-9-5-8-20(23)14-21/h2-14H,15H2,1H3,(H,25,26)/b24-16+. The second-order valence-corrected chi connectivity index (χ2v) is 6.84. The van der Waals surface area contributed by atoms with Gasteiger partial charge < -0.3 is 4.74 Å². The third kappa shape index (κ3) is 5.53. The molecule has 0 unspecified atom stereocenters. The molecule has 0 bridgehead atoms. The zero-order valence-corrected chi connectivity index (χ0v) is 16.4. The number of hydrazone groups is 1. The monoisotopic (exact) mass is 422 g/mol. The molecule has 136 valence electrons. The van der Waals surface area contributed by atoms with Crippen LogP contribution in [0.25, 0.3) is 11.1 Å². The zero-order chi connectivity index (χ0) is 19.1. The van der Waals surface area contributed by atoms with Crippen molar-refractivity contribution < 1.29 is 9.53 Å². The molecule has 3 aromatic carbocycles. The predicted octanol–water partition coefficient (Wildman–Crippen LogP) is 5.04. The minimum Gasteiger partial charge on any atom is -0.484 e. The van der Waals surface area contributed by atoms with E-state index in [0.717, 1.165) is 26.9 Å². The molecule has 0 spiro atoms. The Kier molecular flexibility index (Phi) is 6.39. The fourth-order valence-corrected chi connectivity index (χ4v) is 2.86. The van der Waals surface area contributed by atoms with Crippen LogP contribution in [0.5, 0.6) is 5.75 Å². The second-order valence-electron chi connectivity index (χ2n) is 5.92. The van der Waals surface area contributed by atoms with Crippen molar-refractivity contribution in [3.8, 4) is 16.9 Å². The summed E-state index contributed by atoms with van der Waals surface area (Å²) in [6.45, 7) is 1.76. The number of hydrogen-bond acceptors (Lipinski definition) is 3. The van der Waals surface area contributed by atoms with Crippen molar-refractivity contribution >= 4 is 27.5 Å². The van der Waals surface area contributed by atoms with Crippen LogP contribution in [0.15, 0.2) is 88.4 Å². The topological polar surface area (TPSA) is 50.7 Å². The third-order valence-corrected chi connectivity index (χ3v) is 4.42. The SMILES string of the molecule is C/C(=N\NC(=O)COc1cccc(Br)c1)c1ccc(-c2ccccc2)cc1. The van der Waals surface area contributed by atoms with Crippen molar-refractivity contribution in [2.45, 2.75) is 6.92 Å². The molecule has 3 aromatic rings. The molecule has 0 aromatic heterocycles. The molecule has 0 heterocycles. The highest BCUT2D eigenvalue weighted by atomic mass is 79.9. The number of benzene rings is 3. The van der Waals surface area contributed by atoms with Crippen molar-refractivity contribution in [1.29, 1.82) is 0 Å². The van der Waals surface area contributed by atoms with Gasteiger partial charge in [-0.2, -0.15) is 5.10 Å². The van der Waals surface area contributed by atoms with Crippen LogP contribution in [0.2, 0.25) is 0 Å². The molecule has 0 aliphatic carbocycles. The number of hydrogen-bond donors (Lipinski definition) is 1. The first kappa shape index (κ1) is 18.9. The Balaban J connectivity index is 1.56. The van der Waals surface area contributed by atoms with Crippen LogP contribution in [0.1, 0.15) is 12.5 Å². The summed E-state index contributed by atoms with van der Waals surface area (Å²) in [7, 11) is 0. The van der Waals surface area contributed by atoms with Gasteiger partial charge in [0, 0.05) is 4.47 Å². The van der Waals surface area contributed by atoms with Gasteiger partial charge in [0.2, 0.25) is 0 Å². The Morgan fingerprint density at radius 3 is 2.37 bits per heavy atom. The van der Waals surface area contributed by atoms with E-state index in [1.54, 1.807) is 12.1 Å². The maximum atomic E-state index is 11.9. The van der Waals surface area contributed by atoms with Crippen LogP contribution in [0.3, 0.4) is 0 Å². The van der Waals surface area contributed by atoms with E-state index in [0.29, 0.717) is 5.75 Å². The van der Waals surface area contributed by atoms with Gasteiger partial charge in [-0.25, -0.2) is 5.43 Å². The van der Waals surface area contributed by atoms with E-state index in [-0.39, 0.29) is 12.5 Å². The van der Waals surface area contributed by atoms with Gasteiger partial charge in [0.25, 0.3) is 5.91 Å². The largest absolute Gasteiger partial charge is 0.484 e. The average Bonchev–Trinajstić information content (AvgIpc) is 2.71. The normalized spacial score (nSPS) is 11.1. The van der Waals surface area contributed by atoms with Gasteiger partial charge in [-0.1, -0.05) is 76.6 Å². The molecular weight excluding hydrogens is 404 g/mol. The fourth-order valence-electron chi connectivity index (χ4n) is 2.48. The number of rotatable bonds is 6. The lowest BCUT2D eigenvalue weighted by atomic mass is 10.0. The summed E-state index contributed by atoms with van der Waals surface area (Å²) in [6.07, 6.45) is 0. The van der Waals surface area contributed by atoms with Gasteiger partial charge in [0.1, 0.15) is 5.75 Å². The minimum absolute atomic E-state index is 0.0970. The molecule has 1 N–H and O–H groups in total. The number of nitrogens with zero attached hydrogens (tertiary/aromatic N) is 1. The molecule has 0 saturated heterocycles. The number of carbonyl (C=O) groups is 1. The second kappa shape index (κ2) is 9.14. The van der Waals surface area contributed by atoms with Crippen molar-refractivity contribution in [3.05, 3.63) is 88.9 Å². The summed E-state index contributed by atoms with van der Waals surface area (Å²) in [6, 6.07) is 25.6. The highest BCUT2D eigenvalue weighted by Crippen LogP contribution is 2.19. The molecule has 5 heteroatoms. The Bertz CT molecular complexity index is 938. The van der Waals surface area contributed by atoms with Crippen molar-refractivity contribution in [2.24, 2.45) is 5.10 Å². The van der Waals surface area contributed by atoms with E-state index >= 15 is 0 Å². The van der Waals surface area contributed by atoms with Gasteiger partial charge in [0.15, 0.2) is 6.61 Å². The zero-order valence-electron chi connectivity index (χ0n) is 14.9. The smallest absolute Gasteiger partial charge is 0.277 e. The first-order valence-corrected chi connectivity index (χ1v) is 9.28. The van der Waals surface area contributed by atoms with E-state index < -0.39 is 0 Å². The van der Waals surface area contributed by atoms with E-state index in [9.17, 15) is 4.79 Å². The highest BCUT2D eigenvalue weighted by molar-refractivity contribution is 9.10. The fraction of sp³-hybridized carbons (Fsp3) is 0.0909. The van der Waals surface area contributed by atoms with Crippen LogP contribution >= 0.6 is 15.9 Å². The molecule has 3 rings (SSSR count). The number of nitrogens with one attached hydrogen (secondary N) is 1. The first-order valence-electron chi connectivity index (χ1n) is 8.49. The summed E-state index contributed by atoms with van der Waals surface area (Å²) in [5.41, 5.74) is 6.50. The van der Waals surface area contributed by atoms with Crippen molar-refractivity contribution in [2.75, 3.05) is 6.61 Å². The summed E-state index contributed by atoms with van der Waals surface area (Å²) in [5, 5.41) is 4.15. The maximum absolute atomic E-state index is 11.9. The lowest BCUT2D eigenvalue weighted by molar-refractivity contribution is -0.123. The van der Waals surface area contributed by atoms with E-state index in [2.05, 4.69) is 38.6 Å². The molecule has 0 fully saturated rings. The summed E-state index contributed by atoms with van der Waals surface area (Å²) in [5.74, 6) is 0.312. The Morgan fingerprint density at radius 2 is 1.67 bits per heavy atom. The Hall–Kier alpha value is -2.92. The summed E-state index contributed by atoms with van der Waals surface area (Å²) >= 11 is 3.36. The van der Waals surface area contributed by atoms with Crippen LogP contribution in [-0.4, -0.2) is 18.2 Å². The van der Waals surface area contributed by atoms with E-state index in [1.807, 2.05) is 61.5 Å². The van der Waals surface area contributed by atoms with Crippen LogP contribution in [0, 0.1) is 0 Å². The van der Waals surface area contributed by atoms with Crippen LogP contribution in [0.4, 0.5) is 0 Å². The van der Waals surface area contributed by atoms with Gasteiger partial charge >= 0.3 is 0 Å². The van der Waals surface area contributed by atoms with Crippen molar-refractivity contribution in [3.63, 3.8) is 0 Å². The number of amides is 1. The molecule has 0 aliphatic heterocycles. The molecule has 0 aliphatic rings. The molecule has 0 saturated carbocycles. The molecule has 1 amide bonds. The third-order valence-electron chi connectivity index (χ3n) is 3.92. The highest BCUT2D eigenvalue weighted by Gasteiger charge is 2.04. The number of halogens is 1. The Morgan fingerprint density at radius 1 is 0.963 bits per heavy atom. The molecule has 27 heavy (non-hydrogen) atoms. The summed E-state index contributed by atoms with van der Waals surface area (Å²) in [4.78, 5) is 11.9. The quantitative estimate of drug-likeness (QED) is 0.446. The van der Waals surface area contributed by atoms with Crippen LogP contribution < -0.4 is 10.2 Å². The lowest BCUT2D eigenvalue weighted by Gasteiger charge is -2.07. The van der Waals surface area contributed by atoms with E-state index in [4.69, 9.17) is 4.74 Å². The maximum Gasteiger partial charge on any atom is 0.277 e. The number of carbonyl (C=O) groups excluding carboxylic acids is 1. The first-order chi connectivity index (χ1) is 13.1. The molecule has 4 nitrogen and oxygen atoms in total. The average molecular weight is 423 g/mol. The van der Waals surface area contributed by atoms with Gasteiger partial charge in [0.05, 0.1) is 5.71 Å². The summed E-state index contributed by atoms with van der Waals surface area (Å²) < 4.78 is 6.34. The number of ether oxygens (including phenoxy) is 1. The van der Waals surface area contributed by atoms with Gasteiger partial charge in [-0.15, -0.1) is 0 Å². The predicted molar refractivity (Wildman–Crippen MR) is 112 cm³/mol.